The third-order valence-electron chi connectivity index (χ3n) is 6.30. The lowest BCUT2D eigenvalue weighted by molar-refractivity contribution is -0.146. The summed E-state index contributed by atoms with van der Waals surface area (Å²) < 4.78 is 10.5. The summed E-state index contributed by atoms with van der Waals surface area (Å²) in [6.45, 7) is 1.34. The molecule has 0 spiro atoms. The van der Waals surface area contributed by atoms with Gasteiger partial charge in [0.2, 0.25) is 11.8 Å². The Morgan fingerprint density at radius 3 is 2.29 bits per heavy atom. The minimum absolute atomic E-state index is 0.0756. The number of likely N-dealkylation sites (tertiary alicyclic amines) is 1. The van der Waals surface area contributed by atoms with Crippen molar-refractivity contribution in [1.82, 2.24) is 15.5 Å². The van der Waals surface area contributed by atoms with Crippen molar-refractivity contribution in [1.29, 1.82) is 0 Å². The van der Waals surface area contributed by atoms with E-state index in [0.29, 0.717) is 18.4 Å². The molecule has 1 fully saturated rings. The Bertz CT molecular complexity index is 1070. The third-order valence-corrected chi connectivity index (χ3v) is 6.30. The predicted molar refractivity (Wildman–Crippen MR) is 122 cm³/mol. The monoisotopic (exact) mass is 481 g/mol. The van der Waals surface area contributed by atoms with Crippen molar-refractivity contribution in [2.45, 2.75) is 32.2 Å². The highest BCUT2D eigenvalue weighted by Gasteiger charge is 2.47. The van der Waals surface area contributed by atoms with Gasteiger partial charge in [0.25, 0.3) is 0 Å². The average Bonchev–Trinajstić information content (AvgIpc) is 3.11. The largest absolute Gasteiger partial charge is 0.463 e. The van der Waals surface area contributed by atoms with E-state index in [1.165, 1.54) is 0 Å². The van der Waals surface area contributed by atoms with Crippen LogP contribution in [0.15, 0.2) is 53.8 Å². The molecule has 3 atom stereocenters. The van der Waals surface area contributed by atoms with Crippen LogP contribution >= 0.6 is 0 Å². The van der Waals surface area contributed by atoms with Gasteiger partial charge in [0.1, 0.15) is 6.61 Å². The molecule has 1 aromatic carbocycles. The number of hydrogen-bond donors (Lipinski definition) is 2. The van der Waals surface area contributed by atoms with Crippen LogP contribution < -0.4 is 10.6 Å². The minimum Gasteiger partial charge on any atom is -0.463 e. The van der Waals surface area contributed by atoms with Crippen molar-refractivity contribution in [3.05, 3.63) is 59.3 Å². The maximum absolute atomic E-state index is 12.7. The summed E-state index contributed by atoms with van der Waals surface area (Å²) in [4.78, 5) is 63.7. The number of esters is 2. The lowest BCUT2D eigenvalue weighted by Crippen LogP contribution is -2.47. The fourth-order valence-corrected chi connectivity index (χ4v) is 4.59. The highest BCUT2D eigenvalue weighted by Crippen LogP contribution is 2.35. The van der Waals surface area contributed by atoms with Crippen LogP contribution in [0.1, 0.15) is 37.8 Å². The second-order valence-electron chi connectivity index (χ2n) is 8.45. The molecule has 0 unspecified atom stereocenters. The van der Waals surface area contributed by atoms with Gasteiger partial charge in [-0.2, -0.15) is 0 Å². The van der Waals surface area contributed by atoms with E-state index in [-0.39, 0.29) is 61.1 Å². The first-order valence-electron chi connectivity index (χ1n) is 11.6. The van der Waals surface area contributed by atoms with Crippen LogP contribution in [0.4, 0.5) is 4.79 Å². The average molecular weight is 482 g/mol. The van der Waals surface area contributed by atoms with E-state index >= 15 is 0 Å². The standard InChI is InChI=1S/C25H27N3O7/c1-2-34-24(32)20-18(26-25(33)27-21(20)15-8-4-3-5-9-15)14-35-19(29)12-13-28-22(30)16-10-6-7-11-17(16)23(28)31/h3-9,16-17,21H,2,10-14H2,1H3,(H2,26,27,33)/t16-,17-,21+/m1/s1. The van der Waals surface area contributed by atoms with Gasteiger partial charge < -0.3 is 20.1 Å². The highest BCUT2D eigenvalue weighted by molar-refractivity contribution is 6.05. The lowest BCUT2D eigenvalue weighted by atomic mass is 9.85. The number of urea groups is 1. The molecule has 0 aromatic heterocycles. The number of benzene rings is 1. The van der Waals surface area contributed by atoms with Gasteiger partial charge in [0, 0.05) is 6.54 Å². The zero-order valence-corrected chi connectivity index (χ0v) is 19.3. The van der Waals surface area contributed by atoms with Gasteiger partial charge in [-0.15, -0.1) is 0 Å². The minimum atomic E-state index is -0.783. The second kappa shape index (κ2) is 10.5. The molecule has 4 rings (SSSR count). The molecule has 35 heavy (non-hydrogen) atoms. The van der Waals surface area contributed by atoms with E-state index in [9.17, 15) is 24.0 Å². The zero-order chi connectivity index (χ0) is 24.9. The number of ether oxygens (including phenoxy) is 2. The number of imide groups is 1. The van der Waals surface area contributed by atoms with E-state index < -0.39 is 24.0 Å². The van der Waals surface area contributed by atoms with Crippen LogP contribution in [0.25, 0.3) is 0 Å². The van der Waals surface area contributed by atoms with Gasteiger partial charge >= 0.3 is 18.0 Å². The van der Waals surface area contributed by atoms with Crippen LogP contribution in [-0.2, 0) is 28.7 Å². The van der Waals surface area contributed by atoms with Gasteiger partial charge in [0.05, 0.1) is 42.2 Å². The molecule has 4 amide bonds. The first-order chi connectivity index (χ1) is 16.9. The van der Waals surface area contributed by atoms with Crippen molar-refractivity contribution in [2.24, 2.45) is 11.8 Å². The van der Waals surface area contributed by atoms with Gasteiger partial charge in [-0.3, -0.25) is 19.3 Å². The van der Waals surface area contributed by atoms with Gasteiger partial charge in [-0.05, 0) is 25.3 Å². The quantitative estimate of drug-likeness (QED) is 0.328. The SMILES string of the molecule is CCOC(=O)C1=C(COC(=O)CCN2C(=O)[C@@H]3CC=CC[C@H]3C2=O)NC(=O)N[C@H]1c1ccccc1. The van der Waals surface area contributed by atoms with Gasteiger partial charge in [-0.25, -0.2) is 9.59 Å². The second-order valence-corrected chi connectivity index (χ2v) is 8.45. The van der Waals surface area contributed by atoms with Gasteiger partial charge in [0.15, 0.2) is 0 Å². The predicted octanol–water partition coefficient (Wildman–Crippen LogP) is 1.74. The number of carbonyl (C=O) groups is 5. The third kappa shape index (κ3) is 5.11. The van der Waals surface area contributed by atoms with Crippen LogP contribution in [-0.4, -0.2) is 54.4 Å². The Hall–Kier alpha value is -3.95. The molecule has 10 nitrogen and oxygen atoms in total. The van der Waals surface area contributed by atoms with Crippen molar-refractivity contribution < 1.29 is 33.4 Å². The fraction of sp³-hybridized carbons (Fsp3) is 0.400. The topological polar surface area (TPSA) is 131 Å². The number of hydrogen-bond acceptors (Lipinski definition) is 7. The Morgan fingerprint density at radius 2 is 1.66 bits per heavy atom. The van der Waals surface area contributed by atoms with E-state index in [2.05, 4.69) is 10.6 Å². The summed E-state index contributed by atoms with van der Waals surface area (Å²) in [7, 11) is 0. The zero-order valence-electron chi connectivity index (χ0n) is 19.3. The number of amides is 4. The molecule has 1 saturated heterocycles. The van der Waals surface area contributed by atoms with Crippen LogP contribution in [0.5, 0.6) is 0 Å². The number of nitrogens with one attached hydrogen (secondary N) is 2. The normalized spacial score (nSPS) is 23.5. The summed E-state index contributed by atoms with van der Waals surface area (Å²) in [5.41, 5.74) is 0.906. The molecule has 1 aromatic rings. The summed E-state index contributed by atoms with van der Waals surface area (Å²) in [6.07, 6.45) is 4.65. The smallest absolute Gasteiger partial charge is 0.338 e. The molecule has 0 bridgehead atoms. The Balaban J connectivity index is 1.43. The van der Waals surface area contributed by atoms with Crippen molar-refractivity contribution in [2.75, 3.05) is 19.8 Å². The van der Waals surface area contributed by atoms with Crippen molar-refractivity contribution >= 4 is 29.8 Å². The maximum Gasteiger partial charge on any atom is 0.338 e. The molecule has 0 radical (unpaired) electrons. The van der Waals surface area contributed by atoms with E-state index in [1.54, 1.807) is 31.2 Å². The first kappa shape index (κ1) is 24.2. The Kier molecular flexibility index (Phi) is 7.28. The first-order valence-corrected chi connectivity index (χ1v) is 11.6. The molecule has 0 saturated carbocycles. The molecule has 184 valence electrons. The number of fused-ring (bicyclic) bond motifs is 1. The molecular formula is C25H27N3O7. The molecule has 2 N–H and O–H groups in total. The van der Waals surface area contributed by atoms with E-state index in [4.69, 9.17) is 9.47 Å². The lowest BCUT2D eigenvalue weighted by Gasteiger charge is -2.29. The summed E-state index contributed by atoms with van der Waals surface area (Å²) in [5, 5.41) is 5.23. The van der Waals surface area contributed by atoms with Crippen LogP contribution in [0.3, 0.4) is 0 Å². The molecular weight excluding hydrogens is 454 g/mol. The Morgan fingerprint density at radius 1 is 1.00 bits per heavy atom. The number of carbonyl (C=O) groups excluding carboxylic acids is 5. The number of allylic oxidation sites excluding steroid dienone is 2. The van der Waals surface area contributed by atoms with Gasteiger partial charge in [-0.1, -0.05) is 42.5 Å². The number of nitrogens with zero attached hydrogens (tertiary/aromatic N) is 1. The summed E-state index contributed by atoms with van der Waals surface area (Å²) in [6, 6.07) is 7.55. The summed E-state index contributed by atoms with van der Waals surface area (Å²) >= 11 is 0. The van der Waals surface area contributed by atoms with Crippen LogP contribution in [0, 0.1) is 11.8 Å². The summed E-state index contributed by atoms with van der Waals surface area (Å²) in [5.74, 6) is -2.56. The molecule has 1 aliphatic carbocycles. The van der Waals surface area contributed by atoms with Crippen molar-refractivity contribution in [3.63, 3.8) is 0 Å². The molecule has 2 heterocycles. The van der Waals surface area contributed by atoms with Crippen LogP contribution in [0.2, 0.25) is 0 Å². The highest BCUT2D eigenvalue weighted by atomic mass is 16.5. The van der Waals surface area contributed by atoms with E-state index in [0.717, 1.165) is 4.90 Å². The number of rotatable bonds is 8. The molecule has 3 aliphatic rings. The molecule has 10 heteroatoms. The maximum atomic E-state index is 12.7. The van der Waals surface area contributed by atoms with E-state index in [1.807, 2.05) is 18.2 Å². The molecule has 2 aliphatic heterocycles. The van der Waals surface area contributed by atoms with Crippen molar-refractivity contribution in [3.8, 4) is 0 Å². The Labute approximate surface area is 202 Å². The fourth-order valence-electron chi connectivity index (χ4n) is 4.59.